The number of carbonyl (C=O) groups excluding carboxylic acids is 1. The van der Waals surface area contributed by atoms with E-state index in [1.165, 1.54) is 31.5 Å². The number of ether oxygens (including phenoxy) is 1. The number of anilines is 2. The number of amides is 1. The van der Waals surface area contributed by atoms with Gasteiger partial charge in [-0.2, -0.15) is 0 Å². The number of likely N-dealkylation sites (tertiary alicyclic amines) is 1. The normalized spacial score (nSPS) is 15.2. The summed E-state index contributed by atoms with van der Waals surface area (Å²) in [5.74, 6) is 0.739. The molecule has 1 aromatic carbocycles. The van der Waals surface area contributed by atoms with Crippen molar-refractivity contribution < 1.29 is 13.9 Å². The molecular formula is C27H33FN8O2. The first-order chi connectivity index (χ1) is 18.3. The van der Waals surface area contributed by atoms with Crippen molar-refractivity contribution in [1.29, 1.82) is 5.41 Å². The molecule has 5 N–H and O–H groups in total. The Morgan fingerprint density at radius 3 is 2.61 bits per heavy atom. The molecular weight excluding hydrogens is 487 g/mol. The summed E-state index contributed by atoms with van der Waals surface area (Å²) in [5, 5.41) is 14.4. The monoisotopic (exact) mass is 520 g/mol. The van der Waals surface area contributed by atoms with Crippen LogP contribution in [0.1, 0.15) is 19.8 Å². The Labute approximate surface area is 221 Å². The van der Waals surface area contributed by atoms with Crippen molar-refractivity contribution in [3.8, 4) is 11.5 Å². The Morgan fingerprint density at radius 2 is 2.00 bits per heavy atom. The standard InChI is InChI=1S/C27H33FN8O2/c1-5-23(37)36-13-10-17(11-14-36)25(29)24(26(30)33-6-2)27(32-4)35-21-8-7-18(15-20(21)28)38-19-9-12-34-22(16-19)31-3/h5-9,12,15-17,30H,1,10-11,13-14,29H2,2-4H3,(H,31,34)(H,32,35)/b25-24+,30-26?,33-6?. The summed E-state index contributed by atoms with van der Waals surface area (Å²) in [4.78, 5) is 26.2. The number of nitrogens with one attached hydrogen (secondary N) is 3. The van der Waals surface area contributed by atoms with Crippen LogP contribution in [0, 0.1) is 17.1 Å². The van der Waals surface area contributed by atoms with Crippen LogP contribution in [-0.2, 0) is 4.79 Å². The first-order valence-electron chi connectivity index (χ1n) is 12.1. The maximum absolute atomic E-state index is 15.1. The van der Waals surface area contributed by atoms with Gasteiger partial charge in [-0.1, -0.05) is 6.58 Å². The molecule has 1 aliphatic rings. The Balaban J connectivity index is 1.84. The molecule has 1 aromatic heterocycles. The first-order valence-corrected chi connectivity index (χ1v) is 12.1. The van der Waals surface area contributed by atoms with Crippen molar-refractivity contribution in [2.24, 2.45) is 21.6 Å². The highest BCUT2D eigenvalue weighted by molar-refractivity contribution is 6.27. The largest absolute Gasteiger partial charge is 0.457 e. The number of allylic oxidation sites excluding steroid dienone is 1. The number of rotatable bonds is 8. The first kappa shape index (κ1) is 28.0. The molecule has 0 saturated carbocycles. The number of aromatic nitrogens is 1. The number of amidine groups is 2. The number of nitrogens with two attached hydrogens (primary N) is 1. The molecule has 0 unspecified atom stereocenters. The fraction of sp³-hybridized carbons (Fsp3) is 0.296. The summed E-state index contributed by atoms with van der Waals surface area (Å²) in [7, 11) is 3.27. The molecule has 1 amide bonds. The van der Waals surface area contributed by atoms with Gasteiger partial charge in [0, 0.05) is 63.3 Å². The maximum atomic E-state index is 15.1. The Kier molecular flexibility index (Phi) is 9.69. The van der Waals surface area contributed by atoms with Crippen LogP contribution in [0.15, 0.2) is 70.4 Å². The zero-order valence-corrected chi connectivity index (χ0v) is 21.8. The van der Waals surface area contributed by atoms with E-state index >= 15 is 4.39 Å². The highest BCUT2D eigenvalue weighted by Crippen LogP contribution is 2.29. The van der Waals surface area contributed by atoms with Crippen LogP contribution in [0.25, 0.3) is 0 Å². The smallest absolute Gasteiger partial charge is 0.245 e. The van der Waals surface area contributed by atoms with E-state index in [1.807, 2.05) is 0 Å². The van der Waals surface area contributed by atoms with Crippen LogP contribution >= 0.6 is 0 Å². The lowest BCUT2D eigenvalue weighted by atomic mass is 9.90. The fourth-order valence-electron chi connectivity index (χ4n) is 4.09. The van der Waals surface area contributed by atoms with Gasteiger partial charge >= 0.3 is 0 Å². The molecule has 0 radical (unpaired) electrons. The maximum Gasteiger partial charge on any atom is 0.245 e. The minimum atomic E-state index is -0.578. The predicted octanol–water partition coefficient (Wildman–Crippen LogP) is 4.20. The quantitative estimate of drug-likeness (QED) is 0.234. The summed E-state index contributed by atoms with van der Waals surface area (Å²) in [6.07, 6.45) is 5.59. The number of nitrogens with zero attached hydrogens (tertiary/aromatic N) is 4. The van der Waals surface area contributed by atoms with Crippen molar-refractivity contribution in [1.82, 2.24) is 9.88 Å². The second-order valence-electron chi connectivity index (χ2n) is 8.44. The average Bonchev–Trinajstić information content (AvgIpc) is 2.93. The van der Waals surface area contributed by atoms with Crippen molar-refractivity contribution in [3.05, 3.63) is 66.3 Å². The fourth-order valence-corrected chi connectivity index (χ4v) is 4.09. The molecule has 200 valence electrons. The van der Waals surface area contributed by atoms with Gasteiger partial charge in [-0.3, -0.25) is 15.2 Å². The van der Waals surface area contributed by atoms with Gasteiger partial charge in [0.1, 0.15) is 29.0 Å². The topological polar surface area (TPSA) is 141 Å². The molecule has 11 heteroatoms. The number of carbonyl (C=O) groups is 1. The average molecular weight is 521 g/mol. The number of hydrogen-bond acceptors (Lipinski definition) is 7. The second-order valence-corrected chi connectivity index (χ2v) is 8.44. The third-order valence-electron chi connectivity index (χ3n) is 6.08. The van der Waals surface area contributed by atoms with Gasteiger partial charge in [0.15, 0.2) is 5.84 Å². The van der Waals surface area contributed by atoms with E-state index in [0.717, 1.165) is 0 Å². The van der Waals surface area contributed by atoms with E-state index in [1.54, 1.807) is 43.3 Å². The van der Waals surface area contributed by atoms with Crippen LogP contribution in [0.2, 0.25) is 0 Å². The van der Waals surface area contributed by atoms with Crippen LogP contribution < -0.4 is 21.1 Å². The van der Waals surface area contributed by atoms with Gasteiger partial charge in [0.25, 0.3) is 0 Å². The predicted molar refractivity (Wildman–Crippen MR) is 150 cm³/mol. The van der Waals surface area contributed by atoms with Gasteiger partial charge in [-0.25, -0.2) is 14.4 Å². The number of halogens is 1. The molecule has 10 nitrogen and oxygen atoms in total. The molecule has 1 fully saturated rings. The second kappa shape index (κ2) is 13.1. The molecule has 2 aromatic rings. The van der Waals surface area contributed by atoms with Crippen LogP contribution in [-0.4, -0.2) is 60.9 Å². The highest BCUT2D eigenvalue weighted by atomic mass is 19.1. The number of aliphatic imine (C=N–C) groups is 2. The lowest BCUT2D eigenvalue weighted by molar-refractivity contribution is -0.127. The lowest BCUT2D eigenvalue weighted by Crippen LogP contribution is -2.39. The lowest BCUT2D eigenvalue weighted by Gasteiger charge is -2.32. The summed E-state index contributed by atoms with van der Waals surface area (Å²) in [6.45, 7) is 6.27. The van der Waals surface area contributed by atoms with Crippen molar-refractivity contribution >= 4 is 35.3 Å². The van der Waals surface area contributed by atoms with Gasteiger partial charge < -0.3 is 26.0 Å². The minimum Gasteiger partial charge on any atom is -0.457 e. The van der Waals surface area contributed by atoms with Crippen molar-refractivity contribution in [2.75, 3.05) is 37.8 Å². The van der Waals surface area contributed by atoms with Crippen molar-refractivity contribution in [3.63, 3.8) is 0 Å². The third kappa shape index (κ3) is 6.81. The van der Waals surface area contributed by atoms with Crippen LogP contribution in [0.5, 0.6) is 11.5 Å². The SMILES string of the molecule is C=CC(=O)N1CCC(/C(N)=C(/C(=N)N=CC)C(=NC)Nc2ccc(Oc3ccnc(NC)c3)cc2F)CC1. The minimum absolute atomic E-state index is 0.0962. The molecule has 0 bridgehead atoms. The van der Waals surface area contributed by atoms with Crippen LogP contribution in [0.3, 0.4) is 0 Å². The molecule has 38 heavy (non-hydrogen) atoms. The molecule has 3 rings (SSSR count). The summed E-state index contributed by atoms with van der Waals surface area (Å²) in [6, 6.07) is 7.76. The Hall–Kier alpha value is -4.54. The number of pyridine rings is 1. The zero-order valence-electron chi connectivity index (χ0n) is 21.8. The molecule has 0 aliphatic carbocycles. The van der Waals surface area contributed by atoms with Crippen LogP contribution in [0.4, 0.5) is 15.9 Å². The zero-order chi connectivity index (χ0) is 27.7. The number of benzene rings is 1. The molecule has 1 aliphatic heterocycles. The van der Waals surface area contributed by atoms with E-state index in [4.69, 9.17) is 15.9 Å². The molecule has 2 heterocycles. The van der Waals surface area contributed by atoms with Gasteiger partial charge in [0.2, 0.25) is 5.91 Å². The van der Waals surface area contributed by atoms with E-state index in [9.17, 15) is 4.79 Å². The van der Waals surface area contributed by atoms with Crippen molar-refractivity contribution in [2.45, 2.75) is 19.8 Å². The summed E-state index contributed by atoms with van der Waals surface area (Å²) >= 11 is 0. The van der Waals surface area contributed by atoms with E-state index in [2.05, 4.69) is 32.2 Å². The summed E-state index contributed by atoms with van der Waals surface area (Å²) in [5.41, 5.74) is 7.41. The summed E-state index contributed by atoms with van der Waals surface area (Å²) < 4.78 is 20.9. The van der Waals surface area contributed by atoms with E-state index in [-0.39, 0.29) is 34.8 Å². The van der Waals surface area contributed by atoms with Gasteiger partial charge in [-0.15, -0.1) is 0 Å². The Morgan fingerprint density at radius 1 is 1.29 bits per heavy atom. The van der Waals surface area contributed by atoms with E-state index in [0.29, 0.717) is 48.9 Å². The number of piperidine rings is 1. The Bertz CT molecular complexity index is 1280. The molecule has 0 spiro atoms. The molecule has 0 atom stereocenters. The third-order valence-corrected chi connectivity index (χ3v) is 6.08. The number of hydrogen-bond donors (Lipinski definition) is 4. The highest BCUT2D eigenvalue weighted by Gasteiger charge is 2.27. The van der Waals surface area contributed by atoms with Gasteiger partial charge in [0.05, 0.1) is 11.3 Å². The van der Waals surface area contributed by atoms with Gasteiger partial charge in [-0.05, 0) is 44.0 Å². The van der Waals surface area contributed by atoms with E-state index < -0.39 is 5.82 Å². The molecule has 1 saturated heterocycles.